The molecular weight excluding hydrogens is 222 g/mol. The molecule has 0 aliphatic carbocycles. The number of thioether (sulfide) groups is 1. The lowest BCUT2D eigenvalue weighted by atomic mass is 10.3. The third kappa shape index (κ3) is 4.18. The van der Waals surface area contributed by atoms with E-state index < -0.39 is 0 Å². The van der Waals surface area contributed by atoms with Gasteiger partial charge in [0.15, 0.2) is 5.16 Å². The van der Waals surface area contributed by atoms with Crippen LogP contribution in [0.15, 0.2) is 54.0 Å². The van der Waals surface area contributed by atoms with Crippen molar-refractivity contribution in [3.8, 4) is 5.88 Å². The van der Waals surface area contributed by atoms with Gasteiger partial charge in [0.25, 0.3) is 0 Å². The minimum absolute atomic E-state index is 0.0267. The number of aromatic hydroxyl groups is 1. The third-order valence-corrected chi connectivity index (χ3v) is 2.56. The first-order valence-corrected chi connectivity index (χ1v) is 5.59. The van der Waals surface area contributed by atoms with E-state index in [-0.39, 0.29) is 5.88 Å². The van der Waals surface area contributed by atoms with Crippen LogP contribution in [-0.2, 0) is 0 Å². The first-order chi connectivity index (χ1) is 7.76. The van der Waals surface area contributed by atoms with Crippen LogP contribution in [0.2, 0.25) is 0 Å². The number of hydrogen-bond donors (Lipinski definition) is 2. The second-order valence-electron chi connectivity index (χ2n) is 2.82. The molecule has 0 atom stereocenters. The number of rotatable bonds is 5. The summed E-state index contributed by atoms with van der Waals surface area (Å²) in [6.45, 7) is 3.62. The van der Waals surface area contributed by atoms with Gasteiger partial charge >= 0.3 is 0 Å². The molecule has 0 amide bonds. The van der Waals surface area contributed by atoms with Gasteiger partial charge in [-0.05, 0) is 17.8 Å². The van der Waals surface area contributed by atoms with E-state index in [2.05, 4.69) is 16.5 Å². The van der Waals surface area contributed by atoms with E-state index >= 15 is 0 Å². The molecule has 0 spiro atoms. The zero-order chi connectivity index (χ0) is 11.8. The summed E-state index contributed by atoms with van der Waals surface area (Å²) in [5.74, 6) is 0.643. The minimum atomic E-state index is -0.0267. The van der Waals surface area contributed by atoms with Crippen LogP contribution in [0.4, 0.5) is 0 Å². The largest absolute Gasteiger partial charge is 0.493 e. The number of nitrogens with zero attached hydrogens (tertiary/aromatic N) is 2. The second-order valence-corrected chi connectivity index (χ2v) is 3.76. The summed E-state index contributed by atoms with van der Waals surface area (Å²) in [7, 11) is 0. The lowest BCUT2D eigenvalue weighted by molar-refractivity contribution is 0.445. The Morgan fingerprint density at radius 1 is 1.62 bits per heavy atom. The van der Waals surface area contributed by atoms with Crippen molar-refractivity contribution in [1.29, 1.82) is 0 Å². The van der Waals surface area contributed by atoms with Crippen LogP contribution in [0.5, 0.6) is 5.88 Å². The van der Waals surface area contributed by atoms with Crippen molar-refractivity contribution in [2.45, 2.75) is 5.16 Å². The Bertz CT molecular complexity index is 415. The molecule has 1 aromatic rings. The highest BCUT2D eigenvalue weighted by atomic mass is 32.2. The zero-order valence-electron chi connectivity index (χ0n) is 8.71. The predicted molar refractivity (Wildman–Crippen MR) is 66.0 cm³/mol. The summed E-state index contributed by atoms with van der Waals surface area (Å²) in [6, 6.07) is 1.43. The van der Waals surface area contributed by atoms with Crippen molar-refractivity contribution in [3.63, 3.8) is 0 Å². The Hall–Kier alpha value is -1.75. The highest BCUT2D eigenvalue weighted by molar-refractivity contribution is 7.99. The third-order valence-electron chi connectivity index (χ3n) is 1.63. The molecular formula is C11H13N3OS. The molecule has 0 radical (unpaired) electrons. The molecule has 0 aromatic carbocycles. The number of hydrogen-bond acceptors (Lipinski definition) is 5. The van der Waals surface area contributed by atoms with Gasteiger partial charge in [-0.3, -0.25) is 0 Å². The van der Waals surface area contributed by atoms with Gasteiger partial charge in [0.2, 0.25) is 5.88 Å². The van der Waals surface area contributed by atoms with Gasteiger partial charge in [0, 0.05) is 18.0 Å². The molecule has 0 aliphatic rings. The average molecular weight is 235 g/mol. The van der Waals surface area contributed by atoms with Gasteiger partial charge in [-0.1, -0.05) is 30.5 Å². The predicted octanol–water partition coefficient (Wildman–Crippen LogP) is 1.86. The molecule has 1 rings (SSSR count). The monoisotopic (exact) mass is 235 g/mol. The van der Waals surface area contributed by atoms with Crippen molar-refractivity contribution >= 4 is 11.8 Å². The van der Waals surface area contributed by atoms with E-state index in [1.165, 1.54) is 30.2 Å². The molecule has 0 bridgehead atoms. The Labute approximate surface area is 98.6 Å². The van der Waals surface area contributed by atoms with Crippen molar-refractivity contribution in [2.24, 2.45) is 5.73 Å². The van der Waals surface area contributed by atoms with Gasteiger partial charge in [-0.25, -0.2) is 4.98 Å². The maximum absolute atomic E-state index is 9.16. The van der Waals surface area contributed by atoms with Crippen LogP contribution in [0.25, 0.3) is 0 Å². The number of aromatic nitrogens is 2. The molecule has 0 fully saturated rings. The Morgan fingerprint density at radius 2 is 2.44 bits per heavy atom. The summed E-state index contributed by atoms with van der Waals surface area (Å²) < 4.78 is 0. The molecule has 5 heteroatoms. The summed E-state index contributed by atoms with van der Waals surface area (Å²) in [6.07, 6.45) is 8.33. The van der Waals surface area contributed by atoms with Crippen LogP contribution in [-0.4, -0.2) is 20.8 Å². The van der Waals surface area contributed by atoms with Crippen molar-refractivity contribution in [2.75, 3.05) is 5.75 Å². The Kier molecular flexibility index (Phi) is 5.15. The summed E-state index contributed by atoms with van der Waals surface area (Å²) >= 11 is 1.42. The zero-order valence-corrected chi connectivity index (χ0v) is 9.52. The van der Waals surface area contributed by atoms with Gasteiger partial charge in [-0.15, -0.1) is 0 Å². The fourth-order valence-corrected chi connectivity index (χ4v) is 1.76. The van der Waals surface area contributed by atoms with Gasteiger partial charge in [0.05, 0.1) is 0 Å². The van der Waals surface area contributed by atoms with Gasteiger partial charge in [-0.2, -0.15) is 4.98 Å². The van der Waals surface area contributed by atoms with Crippen LogP contribution in [0.1, 0.15) is 0 Å². The second kappa shape index (κ2) is 6.68. The maximum atomic E-state index is 9.16. The van der Waals surface area contributed by atoms with Gasteiger partial charge in [0.1, 0.15) is 0 Å². The lowest BCUT2D eigenvalue weighted by Gasteiger charge is -2.00. The first-order valence-electron chi connectivity index (χ1n) is 4.61. The number of allylic oxidation sites excluding steroid dienone is 3. The molecule has 16 heavy (non-hydrogen) atoms. The SMILES string of the molecule is C=C/C=C(\C=C/N)CSc1nccc(O)n1. The molecule has 0 saturated carbocycles. The van der Waals surface area contributed by atoms with Crippen LogP contribution >= 0.6 is 11.8 Å². The Balaban J connectivity index is 2.62. The molecule has 84 valence electrons. The van der Waals surface area contributed by atoms with E-state index in [0.717, 1.165) is 5.57 Å². The summed E-state index contributed by atoms with van der Waals surface area (Å²) in [5.41, 5.74) is 6.33. The fourth-order valence-electron chi connectivity index (χ4n) is 0.976. The molecule has 0 saturated heterocycles. The van der Waals surface area contributed by atoms with Crippen molar-refractivity contribution in [3.05, 3.63) is 48.8 Å². The lowest BCUT2D eigenvalue weighted by Crippen LogP contribution is -1.90. The first kappa shape index (κ1) is 12.3. The molecule has 3 N–H and O–H groups in total. The Morgan fingerprint density at radius 3 is 3.06 bits per heavy atom. The van der Waals surface area contributed by atoms with E-state index in [0.29, 0.717) is 10.9 Å². The summed E-state index contributed by atoms with van der Waals surface area (Å²) in [4.78, 5) is 7.88. The topological polar surface area (TPSA) is 72.0 Å². The van der Waals surface area contributed by atoms with Crippen LogP contribution in [0, 0.1) is 0 Å². The van der Waals surface area contributed by atoms with Gasteiger partial charge < -0.3 is 10.8 Å². The minimum Gasteiger partial charge on any atom is -0.493 e. The maximum Gasteiger partial charge on any atom is 0.214 e. The van der Waals surface area contributed by atoms with Crippen molar-refractivity contribution < 1.29 is 5.11 Å². The molecule has 1 aromatic heterocycles. The molecule has 1 heterocycles. The smallest absolute Gasteiger partial charge is 0.214 e. The highest BCUT2D eigenvalue weighted by Gasteiger charge is 2.00. The van der Waals surface area contributed by atoms with E-state index in [9.17, 15) is 0 Å². The average Bonchev–Trinajstić information content (AvgIpc) is 2.27. The summed E-state index contributed by atoms with van der Waals surface area (Å²) in [5, 5.41) is 9.68. The molecule has 0 unspecified atom stereocenters. The van der Waals surface area contributed by atoms with E-state index in [1.54, 1.807) is 12.2 Å². The standard InChI is InChI=1S/C11H13N3OS/c1-2-3-9(4-6-12)8-16-11-13-7-5-10(15)14-11/h2-7H,1,8,12H2,(H,13,14,15)/b6-4-,9-3+. The highest BCUT2D eigenvalue weighted by Crippen LogP contribution is 2.18. The normalized spacial score (nSPS) is 11.9. The van der Waals surface area contributed by atoms with Crippen LogP contribution < -0.4 is 5.73 Å². The van der Waals surface area contributed by atoms with Crippen molar-refractivity contribution in [1.82, 2.24) is 9.97 Å². The van der Waals surface area contributed by atoms with E-state index in [4.69, 9.17) is 10.8 Å². The molecule has 0 aliphatic heterocycles. The fraction of sp³-hybridized carbons (Fsp3) is 0.0909. The van der Waals surface area contributed by atoms with E-state index in [1.807, 2.05) is 6.08 Å². The van der Waals surface area contributed by atoms with Crippen LogP contribution in [0.3, 0.4) is 0 Å². The number of nitrogens with two attached hydrogens (primary N) is 1. The quantitative estimate of drug-likeness (QED) is 0.463. The molecule has 4 nitrogen and oxygen atoms in total.